The lowest BCUT2D eigenvalue weighted by atomic mass is 9.91. The van der Waals surface area contributed by atoms with Gasteiger partial charge >= 0.3 is 0 Å². The summed E-state index contributed by atoms with van der Waals surface area (Å²) >= 11 is 12.1. The van der Waals surface area contributed by atoms with Crippen LogP contribution in [0.15, 0.2) is 6.07 Å². The second-order valence-corrected chi connectivity index (χ2v) is 5.14. The number of hydrogen-bond donors (Lipinski definition) is 0. The fraction of sp³-hybridized carbons (Fsp3) is 0.571. The minimum atomic E-state index is 0.367. The van der Waals surface area contributed by atoms with Gasteiger partial charge in [-0.15, -0.1) is 11.6 Å². The molecule has 0 aliphatic rings. The summed E-state index contributed by atoms with van der Waals surface area (Å²) in [6.45, 7) is 8.92. The molecule has 3 heteroatoms. The number of halogens is 2. The highest BCUT2D eigenvalue weighted by atomic mass is 35.5. The largest absolute Gasteiger partial charge is 0.493 e. The number of rotatable bonds is 5. The molecule has 0 radical (unpaired) electrons. The Labute approximate surface area is 114 Å². The van der Waals surface area contributed by atoms with Crippen molar-refractivity contribution in [3.05, 3.63) is 27.8 Å². The Morgan fingerprint density at radius 1 is 1.35 bits per heavy atom. The fourth-order valence-corrected chi connectivity index (χ4v) is 2.71. The van der Waals surface area contributed by atoms with Crippen LogP contribution in [-0.2, 0) is 0 Å². The lowest BCUT2D eigenvalue weighted by molar-refractivity contribution is 0.331. The molecule has 1 rings (SSSR count). The van der Waals surface area contributed by atoms with Crippen LogP contribution in [0.5, 0.6) is 5.75 Å². The Hall–Kier alpha value is -0.400. The molecule has 96 valence electrons. The molecule has 0 saturated heterocycles. The van der Waals surface area contributed by atoms with Crippen molar-refractivity contribution >= 4 is 23.2 Å². The first-order valence-corrected chi connectivity index (χ1v) is 6.92. The Balaban J connectivity index is 3.30. The topological polar surface area (TPSA) is 9.23 Å². The molecule has 1 atom stereocenters. The fourth-order valence-electron chi connectivity index (χ4n) is 2.11. The molecule has 1 unspecified atom stereocenters. The van der Waals surface area contributed by atoms with Crippen molar-refractivity contribution in [2.45, 2.75) is 40.0 Å². The van der Waals surface area contributed by atoms with E-state index in [0.29, 0.717) is 18.4 Å². The summed E-state index contributed by atoms with van der Waals surface area (Å²) in [5, 5.41) is 0.808. The zero-order valence-electron chi connectivity index (χ0n) is 10.9. The highest BCUT2D eigenvalue weighted by Crippen LogP contribution is 2.38. The molecule has 0 fully saturated rings. The minimum Gasteiger partial charge on any atom is -0.493 e. The number of ether oxygens (including phenoxy) is 1. The van der Waals surface area contributed by atoms with Gasteiger partial charge in [-0.3, -0.25) is 0 Å². The second-order valence-electron chi connectivity index (χ2n) is 4.35. The van der Waals surface area contributed by atoms with Crippen LogP contribution in [0.4, 0.5) is 0 Å². The van der Waals surface area contributed by atoms with E-state index in [2.05, 4.69) is 6.92 Å². The van der Waals surface area contributed by atoms with Gasteiger partial charge in [0.05, 0.1) is 6.61 Å². The predicted molar refractivity (Wildman–Crippen MR) is 75.8 cm³/mol. The van der Waals surface area contributed by atoms with E-state index in [-0.39, 0.29) is 0 Å². The van der Waals surface area contributed by atoms with E-state index in [0.717, 1.165) is 28.3 Å². The minimum absolute atomic E-state index is 0.367. The maximum Gasteiger partial charge on any atom is 0.126 e. The van der Waals surface area contributed by atoms with Gasteiger partial charge < -0.3 is 4.74 Å². The maximum atomic E-state index is 6.25. The van der Waals surface area contributed by atoms with Crippen LogP contribution in [0.1, 0.15) is 42.9 Å². The number of aryl methyl sites for hydroxylation is 1. The van der Waals surface area contributed by atoms with Crippen molar-refractivity contribution in [2.75, 3.05) is 12.5 Å². The van der Waals surface area contributed by atoms with Gasteiger partial charge in [0.15, 0.2) is 0 Å². The molecule has 0 bridgehead atoms. The summed E-state index contributed by atoms with van der Waals surface area (Å²) in [6, 6.07) is 1.97. The quantitative estimate of drug-likeness (QED) is 0.680. The van der Waals surface area contributed by atoms with Crippen molar-refractivity contribution in [3.8, 4) is 5.75 Å². The molecule has 0 amide bonds. The smallest absolute Gasteiger partial charge is 0.126 e. The molecule has 1 aromatic rings. The lowest BCUT2D eigenvalue weighted by Gasteiger charge is -2.21. The second kappa shape index (κ2) is 6.51. The van der Waals surface area contributed by atoms with Crippen LogP contribution in [0.25, 0.3) is 0 Å². The highest BCUT2D eigenvalue weighted by Gasteiger charge is 2.18. The lowest BCUT2D eigenvalue weighted by Crippen LogP contribution is -2.06. The Kier molecular flexibility index (Phi) is 5.61. The highest BCUT2D eigenvalue weighted by molar-refractivity contribution is 6.31. The molecule has 0 aliphatic heterocycles. The molecule has 0 aromatic heterocycles. The van der Waals surface area contributed by atoms with Crippen LogP contribution < -0.4 is 4.74 Å². The molecule has 17 heavy (non-hydrogen) atoms. The Bertz CT molecular complexity index is 388. The molecule has 0 aliphatic carbocycles. The van der Waals surface area contributed by atoms with Crippen molar-refractivity contribution in [2.24, 2.45) is 0 Å². The summed E-state index contributed by atoms with van der Waals surface area (Å²) < 4.78 is 5.77. The molecule has 0 heterocycles. The van der Waals surface area contributed by atoms with Gasteiger partial charge in [-0.1, -0.05) is 18.5 Å². The molecule has 1 aromatic carbocycles. The van der Waals surface area contributed by atoms with Crippen molar-refractivity contribution in [3.63, 3.8) is 0 Å². The van der Waals surface area contributed by atoms with E-state index in [1.54, 1.807) is 0 Å². The van der Waals surface area contributed by atoms with Crippen molar-refractivity contribution in [1.29, 1.82) is 0 Å². The third kappa shape index (κ3) is 3.29. The van der Waals surface area contributed by atoms with Crippen LogP contribution in [0.2, 0.25) is 5.02 Å². The maximum absolute atomic E-state index is 6.25. The van der Waals surface area contributed by atoms with E-state index in [1.807, 2.05) is 26.8 Å². The summed E-state index contributed by atoms with van der Waals surface area (Å²) in [4.78, 5) is 0. The van der Waals surface area contributed by atoms with E-state index in [9.17, 15) is 0 Å². The summed E-state index contributed by atoms with van der Waals surface area (Å²) in [5.74, 6) is 2.00. The van der Waals surface area contributed by atoms with Crippen LogP contribution in [0.3, 0.4) is 0 Å². The average molecular weight is 275 g/mol. The normalized spacial score (nSPS) is 12.6. The molecule has 0 N–H and O–H groups in total. The van der Waals surface area contributed by atoms with Gasteiger partial charge in [0, 0.05) is 16.5 Å². The molecular formula is C14H20Cl2O. The van der Waals surface area contributed by atoms with Crippen molar-refractivity contribution in [1.82, 2.24) is 0 Å². The first-order valence-electron chi connectivity index (χ1n) is 6.01. The van der Waals surface area contributed by atoms with Crippen LogP contribution >= 0.6 is 23.2 Å². The molecule has 1 nitrogen and oxygen atoms in total. The van der Waals surface area contributed by atoms with Gasteiger partial charge in [-0.05, 0) is 50.3 Å². The van der Waals surface area contributed by atoms with Crippen LogP contribution in [0, 0.1) is 13.8 Å². The van der Waals surface area contributed by atoms with E-state index in [1.165, 1.54) is 5.56 Å². The summed E-state index contributed by atoms with van der Waals surface area (Å²) in [5.41, 5.74) is 3.41. The number of alkyl halides is 1. The average Bonchev–Trinajstić information content (AvgIpc) is 2.26. The first kappa shape index (κ1) is 14.7. The van der Waals surface area contributed by atoms with Gasteiger partial charge in [-0.25, -0.2) is 0 Å². The van der Waals surface area contributed by atoms with Gasteiger partial charge in [0.2, 0.25) is 0 Å². The molecule has 0 saturated carbocycles. The predicted octanol–water partition coefficient (Wildman–Crippen LogP) is 5.09. The third-order valence-corrected chi connectivity index (χ3v) is 3.64. The number of hydrogen-bond acceptors (Lipinski definition) is 1. The third-order valence-electron chi connectivity index (χ3n) is 3.03. The Morgan fingerprint density at radius 3 is 2.53 bits per heavy atom. The molecular weight excluding hydrogens is 255 g/mol. The SMILES string of the molecule is CCOc1c(C)cc(Cl)c(C)c1C(C)CCCl. The van der Waals surface area contributed by atoms with Gasteiger partial charge in [0.25, 0.3) is 0 Å². The van der Waals surface area contributed by atoms with E-state index < -0.39 is 0 Å². The van der Waals surface area contributed by atoms with Crippen LogP contribution in [-0.4, -0.2) is 12.5 Å². The zero-order chi connectivity index (χ0) is 13.0. The Morgan fingerprint density at radius 2 is 2.00 bits per heavy atom. The standard InChI is InChI=1S/C14H20Cl2O/c1-5-17-14-10(3)8-12(16)11(4)13(14)9(2)6-7-15/h8-9H,5-7H2,1-4H3. The van der Waals surface area contributed by atoms with E-state index >= 15 is 0 Å². The first-order chi connectivity index (χ1) is 8.02. The number of benzene rings is 1. The van der Waals surface area contributed by atoms with Gasteiger partial charge in [-0.2, -0.15) is 0 Å². The van der Waals surface area contributed by atoms with Gasteiger partial charge in [0.1, 0.15) is 5.75 Å². The summed E-state index contributed by atoms with van der Waals surface area (Å²) in [7, 11) is 0. The van der Waals surface area contributed by atoms with Crippen molar-refractivity contribution < 1.29 is 4.74 Å². The zero-order valence-corrected chi connectivity index (χ0v) is 12.5. The molecule has 0 spiro atoms. The summed E-state index contributed by atoms with van der Waals surface area (Å²) in [6.07, 6.45) is 0.933. The monoisotopic (exact) mass is 274 g/mol. The van der Waals surface area contributed by atoms with E-state index in [4.69, 9.17) is 27.9 Å².